The van der Waals surface area contributed by atoms with Gasteiger partial charge in [0.2, 0.25) is 0 Å². The van der Waals surface area contributed by atoms with Gasteiger partial charge in [0.05, 0.1) is 6.42 Å². The van der Waals surface area contributed by atoms with Crippen LogP contribution < -0.4 is 10.6 Å². The fraction of sp³-hybridized carbons (Fsp3) is 0.400. The van der Waals surface area contributed by atoms with Gasteiger partial charge in [-0.3, -0.25) is 4.57 Å². The number of nitrogens with one attached hydrogen (secondary N) is 2. The van der Waals surface area contributed by atoms with E-state index in [1.807, 2.05) is 37.3 Å². The van der Waals surface area contributed by atoms with E-state index in [1.54, 1.807) is 10.9 Å². The lowest BCUT2D eigenvalue weighted by Gasteiger charge is -2.12. The van der Waals surface area contributed by atoms with Crippen LogP contribution in [0.15, 0.2) is 41.7 Å². The molecule has 0 saturated carbocycles. The Labute approximate surface area is 161 Å². The van der Waals surface area contributed by atoms with Gasteiger partial charge in [0, 0.05) is 18.8 Å². The molecule has 0 amide bonds. The van der Waals surface area contributed by atoms with E-state index >= 15 is 0 Å². The van der Waals surface area contributed by atoms with Crippen molar-refractivity contribution in [3.8, 4) is 5.69 Å². The summed E-state index contributed by atoms with van der Waals surface area (Å²) in [5.74, 6) is 0.901. The maximum Gasteiger partial charge on any atom is 0.390 e. The van der Waals surface area contributed by atoms with Gasteiger partial charge in [-0.15, -0.1) is 34.2 Å². The summed E-state index contributed by atoms with van der Waals surface area (Å²) in [5.41, 5.74) is 0.891. The van der Waals surface area contributed by atoms with Gasteiger partial charge in [-0.25, -0.2) is 4.99 Å². The molecule has 2 aromatic rings. The molecule has 0 fully saturated rings. The SMILES string of the molecule is CCNC(=NCc1nncn1-c1ccccc1)NCCC(F)(F)F.I. The molecule has 0 unspecified atom stereocenters. The van der Waals surface area contributed by atoms with Gasteiger partial charge in [0.25, 0.3) is 0 Å². The number of nitrogens with zero attached hydrogens (tertiary/aromatic N) is 4. The number of guanidine groups is 1. The third kappa shape index (κ3) is 7.28. The van der Waals surface area contributed by atoms with E-state index < -0.39 is 12.6 Å². The van der Waals surface area contributed by atoms with Gasteiger partial charge < -0.3 is 10.6 Å². The summed E-state index contributed by atoms with van der Waals surface area (Å²) in [6, 6.07) is 9.50. The third-order valence-corrected chi connectivity index (χ3v) is 3.08. The molecular formula is C15H20F3IN6. The van der Waals surface area contributed by atoms with Crippen LogP contribution in [0.5, 0.6) is 0 Å². The molecule has 10 heteroatoms. The fourth-order valence-corrected chi connectivity index (χ4v) is 1.99. The molecule has 1 heterocycles. The first-order chi connectivity index (χ1) is 11.5. The standard InChI is InChI=1S/C15H19F3N6.HI/c1-2-19-14(20-9-8-15(16,17)18)21-10-13-23-22-11-24(13)12-6-4-3-5-7-12;/h3-7,11H,2,8-10H2,1H3,(H2,19,20,21);1H. The highest BCUT2D eigenvalue weighted by atomic mass is 127. The van der Waals surface area contributed by atoms with E-state index in [0.717, 1.165) is 5.69 Å². The Morgan fingerprint density at radius 3 is 2.56 bits per heavy atom. The van der Waals surface area contributed by atoms with Crippen LogP contribution in [0.2, 0.25) is 0 Å². The summed E-state index contributed by atoms with van der Waals surface area (Å²) in [6.07, 6.45) is -3.54. The van der Waals surface area contributed by atoms with Crippen molar-refractivity contribution in [1.82, 2.24) is 25.4 Å². The second kappa shape index (κ2) is 10.2. The maximum atomic E-state index is 12.2. The number of aromatic nitrogens is 3. The zero-order valence-corrected chi connectivity index (χ0v) is 16.0. The minimum Gasteiger partial charge on any atom is -0.357 e. The van der Waals surface area contributed by atoms with Gasteiger partial charge in [-0.05, 0) is 19.1 Å². The van der Waals surface area contributed by atoms with E-state index in [9.17, 15) is 13.2 Å². The van der Waals surface area contributed by atoms with Crippen molar-refractivity contribution in [2.45, 2.75) is 26.1 Å². The summed E-state index contributed by atoms with van der Waals surface area (Å²) in [6.45, 7) is 2.34. The molecule has 25 heavy (non-hydrogen) atoms. The molecule has 2 rings (SSSR count). The highest BCUT2D eigenvalue weighted by molar-refractivity contribution is 14.0. The van der Waals surface area contributed by atoms with Crippen LogP contribution in [-0.2, 0) is 6.54 Å². The zero-order chi connectivity index (χ0) is 17.4. The molecule has 1 aromatic carbocycles. The lowest BCUT2D eigenvalue weighted by molar-refractivity contribution is -0.132. The number of para-hydroxylation sites is 1. The average Bonchev–Trinajstić information content (AvgIpc) is 3.01. The van der Waals surface area contributed by atoms with Crippen LogP contribution in [0.3, 0.4) is 0 Å². The molecule has 0 bridgehead atoms. The van der Waals surface area contributed by atoms with Crippen LogP contribution in [0.1, 0.15) is 19.2 Å². The fourth-order valence-electron chi connectivity index (χ4n) is 1.99. The van der Waals surface area contributed by atoms with E-state index in [-0.39, 0.29) is 37.1 Å². The molecule has 0 saturated heterocycles. The second-order valence-electron chi connectivity index (χ2n) is 4.94. The number of rotatable bonds is 6. The Bertz CT molecular complexity index is 657. The Kier molecular flexibility index (Phi) is 8.66. The van der Waals surface area contributed by atoms with Crippen molar-refractivity contribution >= 4 is 29.9 Å². The van der Waals surface area contributed by atoms with Gasteiger partial charge in [-0.2, -0.15) is 13.2 Å². The first-order valence-corrected chi connectivity index (χ1v) is 7.53. The first-order valence-electron chi connectivity index (χ1n) is 7.53. The minimum absolute atomic E-state index is 0. The third-order valence-electron chi connectivity index (χ3n) is 3.08. The number of benzene rings is 1. The molecule has 0 aliphatic rings. The summed E-state index contributed by atoms with van der Waals surface area (Å²) in [7, 11) is 0. The predicted molar refractivity (Wildman–Crippen MR) is 100 cm³/mol. The summed E-state index contributed by atoms with van der Waals surface area (Å²) >= 11 is 0. The monoisotopic (exact) mass is 468 g/mol. The highest BCUT2D eigenvalue weighted by Crippen LogP contribution is 2.18. The molecule has 0 aliphatic carbocycles. The van der Waals surface area contributed by atoms with Gasteiger partial charge in [0.1, 0.15) is 12.9 Å². The summed E-state index contributed by atoms with van der Waals surface area (Å²) in [4.78, 5) is 4.27. The second-order valence-corrected chi connectivity index (χ2v) is 4.94. The van der Waals surface area contributed by atoms with E-state index in [4.69, 9.17) is 0 Å². The lowest BCUT2D eigenvalue weighted by atomic mass is 10.3. The molecule has 0 radical (unpaired) electrons. The summed E-state index contributed by atoms with van der Waals surface area (Å²) < 4.78 is 38.4. The van der Waals surface area contributed by atoms with Crippen LogP contribution in [-0.4, -0.2) is 40.0 Å². The van der Waals surface area contributed by atoms with Crippen LogP contribution in [0, 0.1) is 0 Å². The number of aliphatic imine (C=N–C) groups is 1. The number of hydrogen-bond acceptors (Lipinski definition) is 3. The molecule has 1 aromatic heterocycles. The Morgan fingerprint density at radius 2 is 1.92 bits per heavy atom. The van der Waals surface area contributed by atoms with Crippen molar-refractivity contribution in [1.29, 1.82) is 0 Å². The maximum absolute atomic E-state index is 12.2. The minimum atomic E-state index is -4.20. The van der Waals surface area contributed by atoms with Crippen LogP contribution in [0.25, 0.3) is 5.69 Å². The van der Waals surface area contributed by atoms with Crippen molar-refractivity contribution in [2.24, 2.45) is 4.99 Å². The van der Waals surface area contributed by atoms with Gasteiger partial charge in [0.15, 0.2) is 11.8 Å². The average molecular weight is 468 g/mol. The predicted octanol–water partition coefficient (Wildman–Crippen LogP) is 2.89. The highest BCUT2D eigenvalue weighted by Gasteiger charge is 2.26. The number of hydrogen-bond donors (Lipinski definition) is 2. The molecule has 0 spiro atoms. The Hall–Kier alpha value is -1.85. The number of halogens is 4. The van der Waals surface area contributed by atoms with Crippen LogP contribution in [0.4, 0.5) is 13.2 Å². The molecular weight excluding hydrogens is 448 g/mol. The molecule has 6 nitrogen and oxygen atoms in total. The van der Waals surface area contributed by atoms with Crippen molar-refractivity contribution in [3.05, 3.63) is 42.5 Å². The molecule has 0 aliphatic heterocycles. The zero-order valence-electron chi connectivity index (χ0n) is 13.6. The van der Waals surface area contributed by atoms with Crippen molar-refractivity contribution in [3.63, 3.8) is 0 Å². The normalized spacial score (nSPS) is 11.8. The first kappa shape index (κ1) is 21.2. The quantitative estimate of drug-likeness (QED) is 0.389. The lowest BCUT2D eigenvalue weighted by Crippen LogP contribution is -2.39. The van der Waals surface area contributed by atoms with Gasteiger partial charge in [-0.1, -0.05) is 18.2 Å². The number of alkyl halides is 3. The molecule has 2 N–H and O–H groups in total. The van der Waals surface area contributed by atoms with Crippen molar-refractivity contribution in [2.75, 3.05) is 13.1 Å². The van der Waals surface area contributed by atoms with Gasteiger partial charge >= 0.3 is 6.18 Å². The largest absolute Gasteiger partial charge is 0.390 e. The topological polar surface area (TPSA) is 67.1 Å². The van der Waals surface area contributed by atoms with Crippen LogP contribution >= 0.6 is 24.0 Å². The Morgan fingerprint density at radius 1 is 1.20 bits per heavy atom. The summed E-state index contributed by atoms with van der Waals surface area (Å²) in [5, 5.41) is 13.5. The van der Waals surface area contributed by atoms with E-state index in [2.05, 4.69) is 25.8 Å². The molecule has 0 atom stereocenters. The smallest absolute Gasteiger partial charge is 0.357 e. The molecule has 138 valence electrons. The van der Waals surface area contributed by atoms with Crippen molar-refractivity contribution < 1.29 is 13.2 Å². The van der Waals surface area contributed by atoms with E-state index in [0.29, 0.717) is 18.3 Å². The van der Waals surface area contributed by atoms with E-state index in [1.165, 1.54) is 0 Å². The Balaban J connectivity index is 0.00000312.